The Kier molecular flexibility index (Phi) is 8.42. The number of nitrogens with zero attached hydrogens (tertiary/aromatic N) is 1. The number of amidine groups is 1. The van der Waals surface area contributed by atoms with E-state index in [9.17, 15) is 9.59 Å². The highest BCUT2D eigenvalue weighted by atomic mass is 16.4. The van der Waals surface area contributed by atoms with Gasteiger partial charge >= 0.3 is 5.97 Å². The topological polar surface area (TPSA) is 120 Å². The lowest BCUT2D eigenvalue weighted by Gasteiger charge is -2.29. The molecule has 0 fully saturated rings. The van der Waals surface area contributed by atoms with E-state index in [2.05, 4.69) is 17.2 Å². The molecule has 168 valence electrons. The molecular weight excluding hydrogens is 404 g/mol. The van der Waals surface area contributed by atoms with E-state index in [0.29, 0.717) is 12.1 Å². The summed E-state index contributed by atoms with van der Waals surface area (Å²) in [5.41, 5.74) is 10.5. The number of nitrogen functional groups attached to an aromatic ring is 1. The van der Waals surface area contributed by atoms with E-state index in [4.69, 9.17) is 16.2 Å². The van der Waals surface area contributed by atoms with Crippen LogP contribution in [0.3, 0.4) is 0 Å². The maximum absolute atomic E-state index is 12.6. The summed E-state index contributed by atoms with van der Waals surface area (Å²) < 4.78 is 0. The second-order valence-electron chi connectivity index (χ2n) is 7.85. The molecule has 0 radical (unpaired) electrons. The summed E-state index contributed by atoms with van der Waals surface area (Å²) in [5, 5.41) is 19.5. The summed E-state index contributed by atoms with van der Waals surface area (Å²) in [6.45, 7) is 8.15. The van der Waals surface area contributed by atoms with Crippen LogP contribution in [-0.2, 0) is 9.59 Å². The highest BCUT2D eigenvalue weighted by molar-refractivity contribution is 5.96. The van der Waals surface area contributed by atoms with Crippen molar-refractivity contribution in [2.45, 2.75) is 46.6 Å². The van der Waals surface area contributed by atoms with Gasteiger partial charge in [-0.3, -0.25) is 15.0 Å². The van der Waals surface area contributed by atoms with Crippen molar-refractivity contribution in [2.24, 2.45) is 5.73 Å². The molecule has 0 bridgehead atoms. The Bertz CT molecular complexity index is 1060. The summed E-state index contributed by atoms with van der Waals surface area (Å²) in [5.74, 6) is 5.12. The average Bonchev–Trinajstić information content (AvgIpc) is 2.72. The maximum atomic E-state index is 12.6. The van der Waals surface area contributed by atoms with Crippen LogP contribution in [0.5, 0.6) is 0 Å². The number of nitrogens with one attached hydrogen (secondary N) is 2. The number of aliphatic carboxylic acids is 1. The summed E-state index contributed by atoms with van der Waals surface area (Å²) in [4.78, 5) is 25.2. The quantitative estimate of drug-likeness (QED) is 0.287. The van der Waals surface area contributed by atoms with Gasteiger partial charge in [-0.05, 0) is 75.2 Å². The van der Waals surface area contributed by atoms with E-state index >= 15 is 0 Å². The van der Waals surface area contributed by atoms with Crippen LogP contribution in [0.4, 0.5) is 11.4 Å². The minimum atomic E-state index is -0.982. The van der Waals surface area contributed by atoms with Crippen LogP contribution in [0.15, 0.2) is 36.4 Å². The molecule has 0 aromatic heterocycles. The van der Waals surface area contributed by atoms with Crippen molar-refractivity contribution in [3.63, 3.8) is 0 Å². The fourth-order valence-electron chi connectivity index (χ4n) is 3.28. The van der Waals surface area contributed by atoms with Crippen molar-refractivity contribution < 1.29 is 14.7 Å². The summed E-state index contributed by atoms with van der Waals surface area (Å²) in [6, 6.07) is 11.1. The third kappa shape index (κ3) is 6.61. The number of rotatable bonds is 8. The van der Waals surface area contributed by atoms with Crippen molar-refractivity contribution in [2.75, 3.05) is 16.8 Å². The van der Waals surface area contributed by atoms with Crippen LogP contribution in [0.25, 0.3) is 0 Å². The number of benzene rings is 2. The smallest absolute Gasteiger partial charge is 0.303 e. The molecule has 2 aromatic carbocycles. The number of anilines is 2. The number of carboxylic acid groups (broad SMARTS) is 1. The first-order chi connectivity index (χ1) is 15.1. The number of nitrogens with two attached hydrogens (primary N) is 1. The molecular formula is C25H30N4O3. The van der Waals surface area contributed by atoms with Crippen LogP contribution in [0.2, 0.25) is 0 Å². The zero-order valence-electron chi connectivity index (χ0n) is 19.0. The fraction of sp³-hybridized carbons (Fsp3) is 0.320. The van der Waals surface area contributed by atoms with E-state index in [-0.39, 0.29) is 30.6 Å². The lowest BCUT2D eigenvalue weighted by molar-refractivity contribution is -0.138. The van der Waals surface area contributed by atoms with Crippen molar-refractivity contribution in [3.05, 3.63) is 58.7 Å². The lowest BCUT2D eigenvalue weighted by atomic mass is 10.0. The van der Waals surface area contributed by atoms with Crippen molar-refractivity contribution in [3.8, 4) is 11.8 Å². The standard InChI is InChI=1S/C25H30N4O3/c1-16(2)29(23(30)11-12-24(31)32)22-15-17(3)20(14-18(22)4)6-5-13-28-21-9-7-19(8-10-21)25(26)27/h7-10,14-16,28H,11-13H2,1-4H3,(H3,26,27)(H,31,32). The zero-order valence-corrected chi connectivity index (χ0v) is 19.0. The fourth-order valence-corrected chi connectivity index (χ4v) is 3.28. The van der Waals surface area contributed by atoms with Gasteiger partial charge in [0.25, 0.3) is 0 Å². The first-order valence-corrected chi connectivity index (χ1v) is 10.4. The van der Waals surface area contributed by atoms with Crippen LogP contribution in [0, 0.1) is 31.1 Å². The molecule has 0 saturated heterocycles. The van der Waals surface area contributed by atoms with Gasteiger partial charge in [0.15, 0.2) is 0 Å². The Morgan fingerprint density at radius 1 is 1.12 bits per heavy atom. The predicted octanol–water partition coefficient (Wildman–Crippen LogP) is 3.66. The Labute approximate surface area is 189 Å². The summed E-state index contributed by atoms with van der Waals surface area (Å²) in [7, 11) is 0. The molecule has 0 aliphatic rings. The van der Waals surface area contributed by atoms with Gasteiger partial charge in [0.05, 0.1) is 13.0 Å². The lowest BCUT2D eigenvalue weighted by Crippen LogP contribution is -2.37. The molecule has 0 atom stereocenters. The van der Waals surface area contributed by atoms with E-state index in [1.807, 2.05) is 52.0 Å². The molecule has 32 heavy (non-hydrogen) atoms. The number of carboxylic acids is 1. The maximum Gasteiger partial charge on any atom is 0.303 e. The second-order valence-corrected chi connectivity index (χ2v) is 7.85. The molecule has 7 heteroatoms. The molecule has 0 heterocycles. The molecule has 0 aliphatic carbocycles. The Morgan fingerprint density at radius 3 is 2.34 bits per heavy atom. The minimum absolute atomic E-state index is 0.0326. The van der Waals surface area contributed by atoms with E-state index in [0.717, 1.165) is 28.1 Å². The molecule has 0 aliphatic heterocycles. The number of aryl methyl sites for hydroxylation is 2. The van der Waals surface area contributed by atoms with Crippen molar-refractivity contribution in [1.29, 1.82) is 5.41 Å². The number of hydrogen-bond donors (Lipinski definition) is 4. The van der Waals surface area contributed by atoms with E-state index in [1.54, 1.807) is 17.0 Å². The van der Waals surface area contributed by atoms with Crippen molar-refractivity contribution >= 4 is 29.1 Å². The Balaban J connectivity index is 2.14. The number of carbonyl (C=O) groups is 2. The third-order valence-electron chi connectivity index (χ3n) is 4.94. The Morgan fingerprint density at radius 2 is 1.78 bits per heavy atom. The first-order valence-electron chi connectivity index (χ1n) is 10.4. The molecule has 0 spiro atoms. The van der Waals surface area contributed by atoms with Gasteiger partial charge in [-0.2, -0.15) is 0 Å². The normalized spacial score (nSPS) is 10.3. The second kappa shape index (κ2) is 11.0. The van der Waals surface area contributed by atoms with E-state index < -0.39 is 5.97 Å². The van der Waals surface area contributed by atoms with Crippen LogP contribution in [0.1, 0.15) is 48.9 Å². The Hall–Kier alpha value is -3.79. The minimum Gasteiger partial charge on any atom is -0.481 e. The van der Waals surface area contributed by atoms with Crippen LogP contribution in [-0.4, -0.2) is 35.4 Å². The number of carbonyl (C=O) groups excluding carboxylic acids is 1. The van der Waals surface area contributed by atoms with E-state index in [1.165, 1.54) is 0 Å². The van der Waals surface area contributed by atoms with Crippen LogP contribution < -0.4 is 16.0 Å². The summed E-state index contributed by atoms with van der Waals surface area (Å²) in [6.07, 6.45) is -0.221. The zero-order chi connectivity index (χ0) is 23.8. The molecule has 7 nitrogen and oxygen atoms in total. The predicted molar refractivity (Wildman–Crippen MR) is 128 cm³/mol. The molecule has 0 unspecified atom stereocenters. The molecule has 0 saturated carbocycles. The van der Waals surface area contributed by atoms with Gasteiger partial charge < -0.3 is 21.1 Å². The van der Waals surface area contributed by atoms with Gasteiger partial charge in [-0.1, -0.05) is 11.8 Å². The third-order valence-corrected chi connectivity index (χ3v) is 4.94. The largest absolute Gasteiger partial charge is 0.481 e. The van der Waals surface area contributed by atoms with Gasteiger partial charge in [0.1, 0.15) is 5.84 Å². The molecule has 2 rings (SSSR count). The number of hydrogen-bond acceptors (Lipinski definition) is 4. The molecule has 2 aromatic rings. The van der Waals surface area contributed by atoms with Gasteiger partial charge in [-0.25, -0.2) is 0 Å². The monoisotopic (exact) mass is 434 g/mol. The van der Waals surface area contributed by atoms with Crippen molar-refractivity contribution in [1.82, 2.24) is 0 Å². The highest BCUT2D eigenvalue weighted by Gasteiger charge is 2.22. The van der Waals surface area contributed by atoms with Gasteiger partial charge in [0.2, 0.25) is 5.91 Å². The van der Waals surface area contributed by atoms with Gasteiger partial charge in [0, 0.05) is 35.0 Å². The molecule has 1 amide bonds. The summed E-state index contributed by atoms with van der Waals surface area (Å²) >= 11 is 0. The van der Waals surface area contributed by atoms with Gasteiger partial charge in [-0.15, -0.1) is 0 Å². The SMILES string of the molecule is Cc1cc(N(C(=O)CCC(=O)O)C(C)C)c(C)cc1C#CCNc1ccc(C(=N)N)cc1. The molecule has 5 N–H and O–H groups in total. The van der Waals surface area contributed by atoms with Crippen LogP contribution >= 0.6 is 0 Å². The first kappa shape index (κ1) is 24.5. The highest BCUT2D eigenvalue weighted by Crippen LogP contribution is 2.27. The number of amides is 1. The average molecular weight is 435 g/mol.